The van der Waals surface area contributed by atoms with Gasteiger partial charge in [0.1, 0.15) is 6.10 Å². The summed E-state index contributed by atoms with van der Waals surface area (Å²) < 4.78 is 5.23. The number of ether oxygens (including phenoxy) is 1. The molecule has 1 aromatic carbocycles. The molecule has 0 N–H and O–H groups in total. The first kappa shape index (κ1) is 13.4. The lowest BCUT2D eigenvalue weighted by Gasteiger charge is -2.24. The molecule has 3 nitrogen and oxygen atoms in total. The van der Waals surface area contributed by atoms with Crippen LogP contribution in [0.2, 0.25) is 0 Å². The molecule has 0 aliphatic heterocycles. The highest BCUT2D eigenvalue weighted by atomic mass is 16.5. The minimum absolute atomic E-state index is 0.116. The first-order valence-electron chi connectivity index (χ1n) is 6.45. The Morgan fingerprint density at radius 3 is 2.58 bits per heavy atom. The van der Waals surface area contributed by atoms with E-state index in [-0.39, 0.29) is 18.0 Å². The molecule has 0 spiro atoms. The van der Waals surface area contributed by atoms with Crippen molar-refractivity contribution in [1.29, 1.82) is 5.26 Å². The molecule has 0 bridgehead atoms. The molecule has 2 atom stereocenters. The zero-order valence-corrected chi connectivity index (χ0v) is 11.2. The van der Waals surface area contributed by atoms with Gasteiger partial charge in [0.2, 0.25) is 0 Å². The first-order valence-corrected chi connectivity index (χ1v) is 6.45. The van der Waals surface area contributed by atoms with Crippen molar-refractivity contribution in [2.45, 2.75) is 32.8 Å². The number of nitrogens with zero attached hydrogens (tertiary/aromatic N) is 1. The summed E-state index contributed by atoms with van der Waals surface area (Å²) in [6, 6.07) is 10.4. The van der Waals surface area contributed by atoms with E-state index in [9.17, 15) is 10.1 Å². The number of rotatable bonds is 2. The summed E-state index contributed by atoms with van der Waals surface area (Å²) in [7, 11) is 0. The van der Waals surface area contributed by atoms with Gasteiger partial charge in [-0.15, -0.1) is 0 Å². The Labute approximate surface area is 113 Å². The Morgan fingerprint density at radius 1 is 1.32 bits per heavy atom. The molecule has 0 saturated carbocycles. The molecule has 2 unspecified atom stereocenters. The van der Waals surface area contributed by atoms with E-state index in [1.54, 1.807) is 0 Å². The summed E-state index contributed by atoms with van der Waals surface area (Å²) in [5.74, 6) is -0.394. The number of nitriles is 1. The van der Waals surface area contributed by atoms with Crippen molar-refractivity contribution >= 4 is 11.5 Å². The van der Waals surface area contributed by atoms with Gasteiger partial charge in [-0.2, -0.15) is 5.26 Å². The van der Waals surface area contributed by atoms with Crippen LogP contribution >= 0.6 is 0 Å². The molecule has 1 aliphatic carbocycles. The van der Waals surface area contributed by atoms with Crippen molar-refractivity contribution in [3.05, 3.63) is 41.5 Å². The second-order valence-corrected chi connectivity index (χ2v) is 4.89. The van der Waals surface area contributed by atoms with Crippen molar-refractivity contribution in [2.24, 2.45) is 5.92 Å². The number of esters is 1. The summed E-state index contributed by atoms with van der Waals surface area (Å²) >= 11 is 0. The van der Waals surface area contributed by atoms with Gasteiger partial charge in [-0.25, -0.2) is 0 Å². The SMILES string of the molecule is CC(=O)OC1C=C(c2ccc(C)cc2)C(C#N)CC1. The van der Waals surface area contributed by atoms with Crippen LogP contribution in [-0.2, 0) is 9.53 Å². The highest BCUT2D eigenvalue weighted by molar-refractivity contribution is 5.72. The molecule has 1 aliphatic rings. The van der Waals surface area contributed by atoms with E-state index >= 15 is 0 Å². The van der Waals surface area contributed by atoms with Crippen LogP contribution in [0.4, 0.5) is 0 Å². The van der Waals surface area contributed by atoms with Crippen molar-refractivity contribution < 1.29 is 9.53 Å². The lowest BCUT2D eigenvalue weighted by atomic mass is 9.83. The quantitative estimate of drug-likeness (QED) is 0.762. The van der Waals surface area contributed by atoms with Gasteiger partial charge in [0.15, 0.2) is 0 Å². The fraction of sp³-hybridized carbons (Fsp3) is 0.375. The Kier molecular flexibility index (Phi) is 4.01. The Bertz CT molecular complexity index is 537. The monoisotopic (exact) mass is 255 g/mol. The van der Waals surface area contributed by atoms with Crippen LogP contribution in [-0.4, -0.2) is 12.1 Å². The van der Waals surface area contributed by atoms with Gasteiger partial charge in [-0.1, -0.05) is 29.8 Å². The van der Waals surface area contributed by atoms with Crippen molar-refractivity contribution in [1.82, 2.24) is 0 Å². The predicted molar refractivity (Wildman–Crippen MR) is 73.0 cm³/mol. The van der Waals surface area contributed by atoms with Gasteiger partial charge in [0.25, 0.3) is 0 Å². The number of carbonyl (C=O) groups excluding carboxylic acids is 1. The topological polar surface area (TPSA) is 50.1 Å². The van der Waals surface area contributed by atoms with E-state index in [0.717, 1.165) is 17.6 Å². The van der Waals surface area contributed by atoms with E-state index in [1.807, 2.05) is 37.3 Å². The van der Waals surface area contributed by atoms with Gasteiger partial charge in [-0.05, 0) is 37.0 Å². The van der Waals surface area contributed by atoms with Crippen LogP contribution in [0.5, 0.6) is 0 Å². The fourth-order valence-electron chi connectivity index (χ4n) is 2.37. The van der Waals surface area contributed by atoms with Crippen molar-refractivity contribution in [3.63, 3.8) is 0 Å². The van der Waals surface area contributed by atoms with Crippen LogP contribution in [0.15, 0.2) is 30.3 Å². The van der Waals surface area contributed by atoms with Gasteiger partial charge in [-0.3, -0.25) is 4.79 Å². The Hall–Kier alpha value is -2.08. The highest BCUT2D eigenvalue weighted by Crippen LogP contribution is 2.33. The number of hydrogen-bond donors (Lipinski definition) is 0. The molecule has 2 rings (SSSR count). The number of allylic oxidation sites excluding steroid dienone is 1. The standard InChI is InChI=1S/C16H17NO2/c1-11-3-5-13(6-4-11)16-9-15(19-12(2)18)8-7-14(16)10-17/h3-6,9,14-15H,7-8H2,1-2H3. The summed E-state index contributed by atoms with van der Waals surface area (Å²) in [4.78, 5) is 11.0. The van der Waals surface area contributed by atoms with E-state index in [2.05, 4.69) is 6.07 Å². The van der Waals surface area contributed by atoms with Crippen molar-refractivity contribution in [3.8, 4) is 6.07 Å². The molecule has 0 saturated heterocycles. The number of aryl methyl sites for hydroxylation is 1. The minimum atomic E-state index is -0.278. The van der Waals surface area contributed by atoms with E-state index in [1.165, 1.54) is 12.5 Å². The van der Waals surface area contributed by atoms with Crippen LogP contribution in [0.25, 0.3) is 5.57 Å². The van der Waals surface area contributed by atoms with Gasteiger partial charge in [0, 0.05) is 6.92 Å². The van der Waals surface area contributed by atoms with E-state index in [4.69, 9.17) is 4.74 Å². The molecule has 3 heteroatoms. The molecule has 0 aromatic heterocycles. The smallest absolute Gasteiger partial charge is 0.303 e. The molecule has 0 amide bonds. The second kappa shape index (κ2) is 5.71. The summed E-state index contributed by atoms with van der Waals surface area (Å²) in [5.41, 5.74) is 3.19. The minimum Gasteiger partial charge on any atom is -0.458 e. The van der Waals surface area contributed by atoms with Crippen LogP contribution in [0.3, 0.4) is 0 Å². The molecule has 0 heterocycles. The number of hydrogen-bond acceptors (Lipinski definition) is 3. The third-order valence-corrected chi connectivity index (χ3v) is 3.34. The molecule has 1 aromatic rings. The lowest BCUT2D eigenvalue weighted by molar-refractivity contribution is -0.144. The summed E-state index contributed by atoms with van der Waals surface area (Å²) in [5, 5.41) is 9.25. The molecule has 19 heavy (non-hydrogen) atoms. The highest BCUT2D eigenvalue weighted by Gasteiger charge is 2.25. The predicted octanol–water partition coefficient (Wildman–Crippen LogP) is 3.24. The molecular formula is C16H17NO2. The fourth-order valence-corrected chi connectivity index (χ4v) is 2.37. The summed E-state index contributed by atoms with van der Waals surface area (Å²) in [6.45, 7) is 3.44. The molecule has 98 valence electrons. The Morgan fingerprint density at radius 2 is 2.00 bits per heavy atom. The van der Waals surface area contributed by atoms with Crippen LogP contribution in [0, 0.1) is 24.2 Å². The largest absolute Gasteiger partial charge is 0.458 e. The van der Waals surface area contributed by atoms with Gasteiger partial charge in [0.05, 0.1) is 12.0 Å². The maximum Gasteiger partial charge on any atom is 0.303 e. The van der Waals surface area contributed by atoms with Gasteiger partial charge >= 0.3 is 5.97 Å². The zero-order chi connectivity index (χ0) is 13.8. The van der Waals surface area contributed by atoms with Crippen LogP contribution < -0.4 is 0 Å². The lowest BCUT2D eigenvalue weighted by Crippen LogP contribution is -2.21. The van der Waals surface area contributed by atoms with Crippen molar-refractivity contribution in [2.75, 3.05) is 0 Å². The third-order valence-electron chi connectivity index (χ3n) is 3.34. The maximum absolute atomic E-state index is 11.0. The van der Waals surface area contributed by atoms with Crippen LogP contribution in [0.1, 0.15) is 30.9 Å². The summed E-state index contributed by atoms with van der Waals surface area (Å²) in [6.07, 6.45) is 3.16. The molecular weight excluding hydrogens is 238 g/mol. The first-order chi connectivity index (χ1) is 9.10. The normalized spacial score (nSPS) is 22.3. The average molecular weight is 255 g/mol. The third kappa shape index (κ3) is 3.23. The number of benzene rings is 1. The second-order valence-electron chi connectivity index (χ2n) is 4.89. The van der Waals surface area contributed by atoms with E-state index < -0.39 is 0 Å². The average Bonchev–Trinajstić information content (AvgIpc) is 2.39. The van der Waals surface area contributed by atoms with E-state index in [0.29, 0.717) is 6.42 Å². The Balaban J connectivity index is 2.31. The van der Waals surface area contributed by atoms with Gasteiger partial charge < -0.3 is 4.74 Å². The maximum atomic E-state index is 11.0. The molecule has 0 radical (unpaired) electrons. The number of carbonyl (C=O) groups is 1. The zero-order valence-electron chi connectivity index (χ0n) is 11.2. The molecule has 0 fully saturated rings.